The summed E-state index contributed by atoms with van der Waals surface area (Å²) in [4.78, 5) is 10.5. The number of anilines is 1. The van der Waals surface area contributed by atoms with Gasteiger partial charge in [-0.2, -0.15) is 0 Å². The molecule has 0 spiro atoms. The summed E-state index contributed by atoms with van der Waals surface area (Å²) < 4.78 is 0. The molecule has 0 aromatic heterocycles. The van der Waals surface area contributed by atoms with Gasteiger partial charge in [-0.25, -0.2) is 0 Å². The van der Waals surface area contributed by atoms with Gasteiger partial charge >= 0.3 is 0 Å². The van der Waals surface area contributed by atoms with Gasteiger partial charge in [-0.15, -0.1) is 0 Å². The van der Waals surface area contributed by atoms with E-state index in [-0.39, 0.29) is 0 Å². The first-order valence-corrected chi connectivity index (χ1v) is 5.41. The highest BCUT2D eigenvalue weighted by Gasteiger charge is 2.03. The SMILES string of the molecule is CCCCCN(NC=O)c1ccccc1. The average Bonchev–Trinajstić information content (AvgIpc) is 2.29. The molecular weight excluding hydrogens is 188 g/mol. The van der Waals surface area contributed by atoms with E-state index in [1.165, 1.54) is 12.8 Å². The van der Waals surface area contributed by atoms with E-state index < -0.39 is 0 Å². The number of amides is 1. The Kier molecular flexibility index (Phi) is 5.30. The number of benzene rings is 1. The standard InChI is InChI=1S/C12H18N2O/c1-2-3-7-10-14(13-11-15)12-8-5-4-6-9-12/h4-6,8-9,11H,2-3,7,10H2,1H3,(H,13,15). The van der Waals surface area contributed by atoms with Crippen LogP contribution in [0, 0.1) is 0 Å². The van der Waals surface area contributed by atoms with Gasteiger partial charge in [-0.05, 0) is 18.6 Å². The monoisotopic (exact) mass is 206 g/mol. The number of hydrogen-bond donors (Lipinski definition) is 1. The minimum absolute atomic E-state index is 0.721. The summed E-state index contributed by atoms with van der Waals surface area (Å²) in [5, 5.41) is 1.88. The van der Waals surface area contributed by atoms with Crippen molar-refractivity contribution in [2.75, 3.05) is 11.6 Å². The average molecular weight is 206 g/mol. The third-order valence-corrected chi connectivity index (χ3v) is 2.26. The first-order valence-electron chi connectivity index (χ1n) is 5.41. The van der Waals surface area contributed by atoms with Crippen molar-refractivity contribution in [1.29, 1.82) is 0 Å². The fourth-order valence-corrected chi connectivity index (χ4v) is 1.46. The molecule has 82 valence electrons. The number of carbonyl (C=O) groups is 1. The molecule has 0 aliphatic carbocycles. The molecule has 1 amide bonds. The smallest absolute Gasteiger partial charge is 0.225 e. The van der Waals surface area contributed by atoms with Crippen LogP contribution in [0.15, 0.2) is 30.3 Å². The minimum atomic E-state index is 0.721. The third-order valence-electron chi connectivity index (χ3n) is 2.26. The number of rotatable bonds is 7. The highest BCUT2D eigenvalue weighted by molar-refractivity contribution is 5.54. The molecule has 1 aromatic rings. The molecule has 0 radical (unpaired) electrons. The zero-order valence-corrected chi connectivity index (χ0v) is 9.15. The molecule has 0 atom stereocenters. The molecule has 1 N–H and O–H groups in total. The van der Waals surface area contributed by atoms with E-state index in [9.17, 15) is 4.79 Å². The molecule has 3 heteroatoms. The second-order valence-corrected chi connectivity index (χ2v) is 3.44. The van der Waals surface area contributed by atoms with Gasteiger partial charge in [0.2, 0.25) is 6.41 Å². The lowest BCUT2D eigenvalue weighted by atomic mass is 10.2. The van der Waals surface area contributed by atoms with E-state index in [1.807, 2.05) is 35.3 Å². The van der Waals surface area contributed by atoms with Crippen molar-refractivity contribution in [1.82, 2.24) is 5.43 Å². The summed E-state index contributed by atoms with van der Waals surface area (Å²) in [6, 6.07) is 9.88. The lowest BCUT2D eigenvalue weighted by Crippen LogP contribution is -2.37. The molecule has 0 bridgehead atoms. The van der Waals surface area contributed by atoms with E-state index >= 15 is 0 Å². The fourth-order valence-electron chi connectivity index (χ4n) is 1.46. The number of hydrogen-bond acceptors (Lipinski definition) is 2. The normalized spacial score (nSPS) is 9.67. The van der Waals surface area contributed by atoms with Crippen molar-refractivity contribution in [3.05, 3.63) is 30.3 Å². The maximum atomic E-state index is 10.5. The largest absolute Gasteiger partial charge is 0.286 e. The molecular formula is C12H18N2O. The minimum Gasteiger partial charge on any atom is -0.286 e. The van der Waals surface area contributed by atoms with E-state index in [0.29, 0.717) is 0 Å². The van der Waals surface area contributed by atoms with Crippen molar-refractivity contribution in [3.63, 3.8) is 0 Å². The van der Waals surface area contributed by atoms with Crippen molar-refractivity contribution in [2.45, 2.75) is 26.2 Å². The Labute approximate surface area is 91.1 Å². The maximum Gasteiger partial charge on any atom is 0.225 e. The molecule has 0 aliphatic rings. The predicted molar refractivity (Wildman–Crippen MR) is 62.5 cm³/mol. The Morgan fingerprint density at radius 1 is 1.27 bits per heavy atom. The molecule has 15 heavy (non-hydrogen) atoms. The topological polar surface area (TPSA) is 32.3 Å². The first kappa shape index (κ1) is 11.6. The second-order valence-electron chi connectivity index (χ2n) is 3.44. The van der Waals surface area contributed by atoms with Gasteiger partial charge in [0.05, 0.1) is 5.69 Å². The predicted octanol–water partition coefficient (Wildman–Crippen LogP) is 2.34. The Hall–Kier alpha value is -1.51. The van der Waals surface area contributed by atoms with Crippen LogP contribution in [-0.4, -0.2) is 13.0 Å². The van der Waals surface area contributed by atoms with Crippen LogP contribution >= 0.6 is 0 Å². The number of nitrogens with one attached hydrogen (secondary N) is 1. The quantitative estimate of drug-likeness (QED) is 0.422. The number of carbonyl (C=O) groups excluding carboxylic acids is 1. The lowest BCUT2D eigenvalue weighted by molar-refractivity contribution is -0.109. The third kappa shape index (κ3) is 4.02. The van der Waals surface area contributed by atoms with Crippen LogP contribution in [0.2, 0.25) is 0 Å². The lowest BCUT2D eigenvalue weighted by Gasteiger charge is -2.22. The Bertz CT molecular complexity index is 274. The van der Waals surface area contributed by atoms with E-state index in [2.05, 4.69) is 12.3 Å². The van der Waals surface area contributed by atoms with Crippen LogP contribution in [0.1, 0.15) is 26.2 Å². The van der Waals surface area contributed by atoms with Crippen LogP contribution in [0.4, 0.5) is 5.69 Å². The summed E-state index contributed by atoms with van der Waals surface area (Å²) >= 11 is 0. The molecule has 0 saturated heterocycles. The summed E-state index contributed by atoms with van der Waals surface area (Å²) in [6.45, 7) is 3.02. The van der Waals surface area contributed by atoms with Crippen molar-refractivity contribution in [2.24, 2.45) is 0 Å². The summed E-state index contributed by atoms with van der Waals surface area (Å²) in [6.07, 6.45) is 4.18. The summed E-state index contributed by atoms with van der Waals surface area (Å²) in [5.41, 5.74) is 3.74. The molecule has 0 aliphatic heterocycles. The Morgan fingerprint density at radius 3 is 2.60 bits per heavy atom. The van der Waals surface area contributed by atoms with Crippen LogP contribution < -0.4 is 10.4 Å². The molecule has 0 fully saturated rings. The van der Waals surface area contributed by atoms with E-state index in [1.54, 1.807) is 0 Å². The number of unbranched alkanes of at least 4 members (excludes halogenated alkanes) is 2. The number of hydrazine groups is 1. The van der Waals surface area contributed by atoms with E-state index in [4.69, 9.17) is 0 Å². The van der Waals surface area contributed by atoms with Crippen LogP contribution in [-0.2, 0) is 4.79 Å². The van der Waals surface area contributed by atoms with Crippen molar-refractivity contribution in [3.8, 4) is 0 Å². The van der Waals surface area contributed by atoms with Crippen LogP contribution in [0.5, 0.6) is 0 Å². The van der Waals surface area contributed by atoms with Gasteiger partial charge in [0.25, 0.3) is 0 Å². The van der Waals surface area contributed by atoms with E-state index in [0.717, 1.165) is 25.1 Å². The van der Waals surface area contributed by atoms with Gasteiger partial charge in [-0.1, -0.05) is 38.0 Å². The highest BCUT2D eigenvalue weighted by atomic mass is 16.1. The fraction of sp³-hybridized carbons (Fsp3) is 0.417. The van der Waals surface area contributed by atoms with Crippen molar-refractivity contribution >= 4 is 12.1 Å². The zero-order chi connectivity index (χ0) is 10.9. The number of nitrogens with zero attached hydrogens (tertiary/aromatic N) is 1. The first-order chi connectivity index (χ1) is 7.38. The van der Waals surface area contributed by atoms with Gasteiger partial charge in [0.1, 0.15) is 0 Å². The second kappa shape index (κ2) is 6.87. The molecule has 0 heterocycles. The van der Waals surface area contributed by atoms with Gasteiger partial charge < -0.3 is 0 Å². The van der Waals surface area contributed by atoms with Gasteiger partial charge in [0, 0.05) is 6.54 Å². The maximum absolute atomic E-state index is 10.5. The van der Waals surface area contributed by atoms with Crippen LogP contribution in [0.3, 0.4) is 0 Å². The Balaban J connectivity index is 2.53. The van der Waals surface area contributed by atoms with Gasteiger partial charge in [-0.3, -0.25) is 15.2 Å². The molecule has 3 nitrogen and oxygen atoms in total. The van der Waals surface area contributed by atoms with Crippen molar-refractivity contribution < 1.29 is 4.79 Å². The molecule has 0 unspecified atom stereocenters. The highest BCUT2D eigenvalue weighted by Crippen LogP contribution is 2.11. The van der Waals surface area contributed by atoms with Gasteiger partial charge in [0.15, 0.2) is 0 Å². The molecule has 1 aromatic carbocycles. The zero-order valence-electron chi connectivity index (χ0n) is 9.15. The summed E-state index contributed by atoms with van der Waals surface area (Å²) in [5.74, 6) is 0. The molecule has 1 rings (SSSR count). The summed E-state index contributed by atoms with van der Waals surface area (Å²) in [7, 11) is 0. The number of para-hydroxylation sites is 1. The molecule has 0 saturated carbocycles. The Morgan fingerprint density at radius 2 is 2.00 bits per heavy atom. The van der Waals surface area contributed by atoms with Crippen LogP contribution in [0.25, 0.3) is 0 Å².